The van der Waals surface area contributed by atoms with E-state index >= 15 is 0 Å². The van der Waals surface area contributed by atoms with Crippen LogP contribution in [0, 0.1) is 0 Å². The highest BCUT2D eigenvalue weighted by molar-refractivity contribution is 9.10. The predicted molar refractivity (Wildman–Crippen MR) is 68.9 cm³/mol. The van der Waals surface area contributed by atoms with Gasteiger partial charge in [0.1, 0.15) is 11.9 Å². The number of ether oxygens (including phenoxy) is 2. The Hall–Kier alpha value is -1.00. The zero-order chi connectivity index (χ0) is 12.3. The maximum Gasteiger partial charge on any atom is 0.133 e. The monoisotopic (exact) mass is 298 g/mol. The summed E-state index contributed by atoms with van der Waals surface area (Å²) in [6.45, 7) is 0.739. The average Bonchev–Trinajstić information content (AvgIpc) is 2.39. The van der Waals surface area contributed by atoms with Crippen molar-refractivity contribution < 1.29 is 14.6 Å². The van der Waals surface area contributed by atoms with Gasteiger partial charge in [0.15, 0.2) is 0 Å². The minimum Gasteiger partial charge on any atom is -0.501 e. The SMILES string of the molecule is COc1ccc(C(O)C2=COCCC2)cc1Br. The molecule has 4 heteroatoms. The van der Waals surface area contributed by atoms with E-state index in [9.17, 15) is 5.11 Å². The summed E-state index contributed by atoms with van der Waals surface area (Å²) in [5, 5.41) is 10.2. The predicted octanol–water partition coefficient (Wildman–Crippen LogP) is 3.19. The van der Waals surface area contributed by atoms with Crippen molar-refractivity contribution in [1.82, 2.24) is 0 Å². The van der Waals surface area contributed by atoms with E-state index < -0.39 is 6.10 Å². The number of aliphatic hydroxyl groups is 1. The van der Waals surface area contributed by atoms with E-state index in [1.165, 1.54) is 0 Å². The number of hydrogen-bond donors (Lipinski definition) is 1. The Morgan fingerprint density at radius 2 is 2.29 bits per heavy atom. The van der Waals surface area contributed by atoms with Crippen LogP contribution in [0.3, 0.4) is 0 Å². The molecule has 1 unspecified atom stereocenters. The van der Waals surface area contributed by atoms with Gasteiger partial charge >= 0.3 is 0 Å². The van der Waals surface area contributed by atoms with Crippen LogP contribution in [0.4, 0.5) is 0 Å². The third-order valence-electron chi connectivity index (χ3n) is 2.81. The third-order valence-corrected chi connectivity index (χ3v) is 3.42. The van der Waals surface area contributed by atoms with Gasteiger partial charge < -0.3 is 14.6 Å². The molecule has 1 N–H and O–H groups in total. The molecular formula is C13H15BrO3. The lowest BCUT2D eigenvalue weighted by Crippen LogP contribution is -2.07. The van der Waals surface area contributed by atoms with E-state index in [-0.39, 0.29) is 0 Å². The second-order valence-electron chi connectivity index (χ2n) is 3.96. The fourth-order valence-electron chi connectivity index (χ4n) is 1.85. The largest absolute Gasteiger partial charge is 0.501 e. The lowest BCUT2D eigenvalue weighted by molar-refractivity contribution is 0.170. The van der Waals surface area contributed by atoms with Crippen LogP contribution in [-0.2, 0) is 4.74 Å². The number of rotatable bonds is 3. The Labute approximate surface area is 109 Å². The number of hydrogen-bond acceptors (Lipinski definition) is 3. The zero-order valence-corrected chi connectivity index (χ0v) is 11.2. The molecule has 0 amide bonds. The molecule has 1 aliphatic heterocycles. The highest BCUT2D eigenvalue weighted by Crippen LogP contribution is 2.32. The van der Waals surface area contributed by atoms with E-state index in [4.69, 9.17) is 9.47 Å². The quantitative estimate of drug-likeness (QED) is 0.931. The van der Waals surface area contributed by atoms with Crippen molar-refractivity contribution in [2.75, 3.05) is 13.7 Å². The van der Waals surface area contributed by atoms with Crippen molar-refractivity contribution in [3.8, 4) is 5.75 Å². The molecule has 92 valence electrons. The third kappa shape index (κ3) is 2.82. The van der Waals surface area contributed by atoms with Gasteiger partial charge in [-0.1, -0.05) is 6.07 Å². The molecule has 0 bridgehead atoms. The second kappa shape index (κ2) is 5.56. The van der Waals surface area contributed by atoms with Gasteiger partial charge in [-0.3, -0.25) is 0 Å². The number of aliphatic hydroxyl groups excluding tert-OH is 1. The van der Waals surface area contributed by atoms with Gasteiger partial charge in [0.2, 0.25) is 0 Å². The molecule has 0 radical (unpaired) electrons. The molecular weight excluding hydrogens is 284 g/mol. The van der Waals surface area contributed by atoms with Gasteiger partial charge in [-0.15, -0.1) is 0 Å². The first kappa shape index (κ1) is 12.5. The Balaban J connectivity index is 2.21. The molecule has 0 spiro atoms. The summed E-state index contributed by atoms with van der Waals surface area (Å²) in [6.07, 6.45) is 2.91. The summed E-state index contributed by atoms with van der Waals surface area (Å²) in [4.78, 5) is 0. The van der Waals surface area contributed by atoms with Crippen molar-refractivity contribution in [2.24, 2.45) is 0 Å². The fraction of sp³-hybridized carbons (Fsp3) is 0.385. The highest BCUT2D eigenvalue weighted by atomic mass is 79.9. The van der Waals surface area contributed by atoms with Gasteiger partial charge in [0.05, 0.1) is 24.5 Å². The van der Waals surface area contributed by atoms with E-state index in [0.29, 0.717) is 0 Å². The second-order valence-corrected chi connectivity index (χ2v) is 4.82. The molecule has 0 aromatic heterocycles. The molecule has 1 aliphatic rings. The molecule has 1 aromatic rings. The van der Waals surface area contributed by atoms with Gasteiger partial charge in [0.25, 0.3) is 0 Å². The highest BCUT2D eigenvalue weighted by Gasteiger charge is 2.17. The van der Waals surface area contributed by atoms with E-state index in [2.05, 4.69) is 15.9 Å². The maximum absolute atomic E-state index is 10.2. The van der Waals surface area contributed by atoms with Gasteiger partial charge in [-0.25, -0.2) is 0 Å². The molecule has 2 rings (SSSR count). The van der Waals surface area contributed by atoms with E-state index in [1.54, 1.807) is 13.4 Å². The van der Waals surface area contributed by atoms with Crippen LogP contribution in [0.5, 0.6) is 5.75 Å². The molecule has 1 atom stereocenters. The summed E-state index contributed by atoms with van der Waals surface area (Å²) in [5.41, 5.74) is 1.77. The van der Waals surface area contributed by atoms with Gasteiger partial charge in [-0.05, 0) is 52.0 Å². The van der Waals surface area contributed by atoms with Gasteiger partial charge in [0, 0.05) is 0 Å². The van der Waals surface area contributed by atoms with Crippen LogP contribution in [0.1, 0.15) is 24.5 Å². The van der Waals surface area contributed by atoms with Crippen molar-refractivity contribution in [1.29, 1.82) is 0 Å². The summed E-state index contributed by atoms with van der Waals surface area (Å²) in [6, 6.07) is 5.58. The van der Waals surface area contributed by atoms with E-state index in [0.717, 1.165) is 40.8 Å². The number of halogens is 1. The van der Waals surface area contributed by atoms with Crippen molar-refractivity contribution in [3.63, 3.8) is 0 Å². The standard InChI is InChI=1S/C13H15BrO3/c1-16-12-5-4-9(7-11(12)14)13(15)10-3-2-6-17-8-10/h4-5,7-8,13,15H,2-3,6H2,1H3. The average molecular weight is 299 g/mol. The summed E-state index contributed by atoms with van der Waals surface area (Å²) < 4.78 is 11.2. The first-order valence-corrected chi connectivity index (χ1v) is 6.33. The molecule has 0 saturated carbocycles. The normalized spacial score (nSPS) is 17.0. The van der Waals surface area contributed by atoms with Crippen LogP contribution >= 0.6 is 15.9 Å². The molecule has 3 nitrogen and oxygen atoms in total. The summed E-state index contributed by atoms with van der Waals surface area (Å²) in [5.74, 6) is 0.759. The number of methoxy groups -OCH3 is 1. The lowest BCUT2D eigenvalue weighted by Gasteiger charge is -2.19. The molecule has 0 aliphatic carbocycles. The van der Waals surface area contributed by atoms with Crippen LogP contribution in [-0.4, -0.2) is 18.8 Å². The smallest absolute Gasteiger partial charge is 0.133 e. The lowest BCUT2D eigenvalue weighted by atomic mass is 9.98. The van der Waals surface area contributed by atoms with Crippen LogP contribution in [0.2, 0.25) is 0 Å². The van der Waals surface area contributed by atoms with Crippen LogP contribution in [0.25, 0.3) is 0 Å². The molecule has 0 saturated heterocycles. The fourth-order valence-corrected chi connectivity index (χ4v) is 2.41. The topological polar surface area (TPSA) is 38.7 Å². The maximum atomic E-state index is 10.2. The van der Waals surface area contributed by atoms with Crippen LogP contribution in [0.15, 0.2) is 34.5 Å². The Kier molecular flexibility index (Phi) is 4.07. The first-order chi connectivity index (χ1) is 8.22. The zero-order valence-electron chi connectivity index (χ0n) is 9.65. The Morgan fingerprint density at radius 1 is 1.47 bits per heavy atom. The molecule has 1 aromatic carbocycles. The van der Waals surface area contributed by atoms with Crippen molar-refractivity contribution >= 4 is 15.9 Å². The Bertz CT molecular complexity index is 429. The molecule has 1 heterocycles. The van der Waals surface area contributed by atoms with Crippen LogP contribution < -0.4 is 4.74 Å². The summed E-state index contributed by atoms with van der Waals surface area (Å²) in [7, 11) is 1.62. The van der Waals surface area contributed by atoms with E-state index in [1.807, 2.05) is 18.2 Å². The minimum absolute atomic E-state index is 0.600. The first-order valence-electron chi connectivity index (χ1n) is 5.54. The molecule has 17 heavy (non-hydrogen) atoms. The summed E-state index contributed by atoms with van der Waals surface area (Å²) >= 11 is 3.41. The minimum atomic E-state index is -0.600. The van der Waals surface area contributed by atoms with Crippen molar-refractivity contribution in [2.45, 2.75) is 18.9 Å². The number of benzene rings is 1. The van der Waals surface area contributed by atoms with Crippen molar-refractivity contribution in [3.05, 3.63) is 40.1 Å². The van der Waals surface area contributed by atoms with Gasteiger partial charge in [-0.2, -0.15) is 0 Å². The molecule has 0 fully saturated rings. The Morgan fingerprint density at radius 3 is 2.88 bits per heavy atom.